The van der Waals surface area contributed by atoms with Gasteiger partial charge in [0.2, 0.25) is 15.9 Å². The number of amides is 1. The number of piperidine rings is 1. The van der Waals surface area contributed by atoms with E-state index in [9.17, 15) is 13.2 Å². The number of hydrogen-bond donors (Lipinski definition) is 0. The summed E-state index contributed by atoms with van der Waals surface area (Å²) in [4.78, 5) is 14.9. The van der Waals surface area contributed by atoms with Crippen LogP contribution in [0.25, 0.3) is 0 Å². The minimum atomic E-state index is -3.41. The summed E-state index contributed by atoms with van der Waals surface area (Å²) in [6.45, 7) is 3.44. The van der Waals surface area contributed by atoms with Gasteiger partial charge in [-0.15, -0.1) is 0 Å². The van der Waals surface area contributed by atoms with Crippen LogP contribution in [0.15, 0.2) is 29.2 Å². The van der Waals surface area contributed by atoms with Crippen molar-refractivity contribution in [2.75, 3.05) is 20.1 Å². The lowest BCUT2D eigenvalue weighted by atomic mass is 9.85. The first kappa shape index (κ1) is 20.3. The van der Waals surface area contributed by atoms with E-state index in [1.165, 1.54) is 19.3 Å². The molecule has 1 heterocycles. The molecule has 2 atom stereocenters. The van der Waals surface area contributed by atoms with Gasteiger partial charge in [0.15, 0.2) is 0 Å². The van der Waals surface area contributed by atoms with E-state index in [0.29, 0.717) is 36.4 Å². The SMILES string of the molecule is CC1CCCCC1N(C)C(=O)Cc1ccc(S(=O)(=O)N2CCCCC2)cc1. The third-order valence-electron chi connectivity index (χ3n) is 6.19. The largest absolute Gasteiger partial charge is 0.342 e. The Kier molecular flexibility index (Phi) is 6.58. The Labute approximate surface area is 163 Å². The molecule has 1 saturated carbocycles. The smallest absolute Gasteiger partial charge is 0.243 e. The Balaban J connectivity index is 1.64. The van der Waals surface area contributed by atoms with Crippen LogP contribution in [0.5, 0.6) is 0 Å². The quantitative estimate of drug-likeness (QED) is 0.771. The van der Waals surface area contributed by atoms with Crippen molar-refractivity contribution in [3.05, 3.63) is 29.8 Å². The fourth-order valence-electron chi connectivity index (χ4n) is 4.39. The lowest BCUT2D eigenvalue weighted by Crippen LogP contribution is -2.43. The van der Waals surface area contributed by atoms with Crippen molar-refractivity contribution in [1.29, 1.82) is 0 Å². The molecular formula is C21H32N2O3S. The number of rotatable bonds is 5. The minimum absolute atomic E-state index is 0.111. The van der Waals surface area contributed by atoms with Crippen LogP contribution in [0.2, 0.25) is 0 Å². The summed E-state index contributed by atoms with van der Waals surface area (Å²) < 4.78 is 27.0. The highest BCUT2D eigenvalue weighted by molar-refractivity contribution is 7.89. The zero-order valence-corrected chi connectivity index (χ0v) is 17.4. The number of hydrogen-bond acceptors (Lipinski definition) is 3. The first-order chi connectivity index (χ1) is 12.9. The zero-order valence-electron chi connectivity index (χ0n) is 16.6. The van der Waals surface area contributed by atoms with Gasteiger partial charge in [0.05, 0.1) is 11.3 Å². The number of nitrogens with zero attached hydrogens (tertiary/aromatic N) is 2. The Morgan fingerprint density at radius 2 is 1.67 bits per heavy atom. The highest BCUT2D eigenvalue weighted by Gasteiger charge is 2.28. The topological polar surface area (TPSA) is 57.7 Å². The predicted molar refractivity (Wildman–Crippen MR) is 107 cm³/mol. The van der Waals surface area contributed by atoms with E-state index in [1.807, 2.05) is 11.9 Å². The second-order valence-electron chi connectivity index (χ2n) is 8.12. The van der Waals surface area contributed by atoms with E-state index < -0.39 is 10.0 Å². The van der Waals surface area contributed by atoms with Gasteiger partial charge in [0.25, 0.3) is 0 Å². The van der Waals surface area contributed by atoms with Crippen molar-refractivity contribution >= 4 is 15.9 Å². The average molecular weight is 393 g/mol. The number of benzene rings is 1. The summed E-state index contributed by atoms with van der Waals surface area (Å²) in [7, 11) is -1.50. The van der Waals surface area contributed by atoms with Crippen molar-refractivity contribution < 1.29 is 13.2 Å². The second kappa shape index (κ2) is 8.74. The molecule has 5 nitrogen and oxygen atoms in total. The molecule has 150 valence electrons. The van der Waals surface area contributed by atoms with Crippen LogP contribution in [0.3, 0.4) is 0 Å². The molecule has 3 rings (SSSR count). The van der Waals surface area contributed by atoms with Gasteiger partial charge in [-0.25, -0.2) is 8.42 Å². The highest BCUT2D eigenvalue weighted by Crippen LogP contribution is 2.28. The van der Waals surface area contributed by atoms with Crippen molar-refractivity contribution in [2.45, 2.75) is 69.2 Å². The van der Waals surface area contributed by atoms with Gasteiger partial charge in [-0.1, -0.05) is 38.3 Å². The molecule has 1 aromatic carbocycles. The number of sulfonamides is 1. The molecule has 1 amide bonds. The van der Waals surface area contributed by atoms with Crippen LogP contribution in [0.4, 0.5) is 0 Å². The molecule has 2 fully saturated rings. The standard InChI is InChI=1S/C21H32N2O3S/c1-17-8-4-5-9-20(17)22(2)21(24)16-18-10-12-19(13-11-18)27(25,26)23-14-6-3-7-15-23/h10-13,17,20H,3-9,14-16H2,1-2H3. The minimum Gasteiger partial charge on any atom is -0.342 e. The van der Waals surface area contributed by atoms with Crippen LogP contribution >= 0.6 is 0 Å². The molecule has 2 unspecified atom stereocenters. The Bertz CT molecular complexity index is 739. The molecule has 0 spiro atoms. The summed E-state index contributed by atoms with van der Waals surface area (Å²) in [6, 6.07) is 7.19. The number of likely N-dealkylation sites (N-methyl/N-ethyl adjacent to an activating group) is 1. The monoisotopic (exact) mass is 392 g/mol. The number of carbonyl (C=O) groups is 1. The van der Waals surface area contributed by atoms with Gasteiger partial charge in [0, 0.05) is 26.2 Å². The van der Waals surface area contributed by atoms with E-state index in [1.54, 1.807) is 28.6 Å². The summed E-state index contributed by atoms with van der Waals surface area (Å²) in [5.41, 5.74) is 0.868. The lowest BCUT2D eigenvalue weighted by molar-refractivity contribution is -0.132. The molecule has 2 aliphatic rings. The Morgan fingerprint density at radius 3 is 2.30 bits per heavy atom. The molecule has 27 heavy (non-hydrogen) atoms. The number of carbonyl (C=O) groups excluding carboxylic acids is 1. The predicted octanol–water partition coefficient (Wildman–Crippen LogP) is 3.44. The third kappa shape index (κ3) is 4.72. The molecule has 0 radical (unpaired) electrons. The summed E-state index contributed by atoms with van der Waals surface area (Å²) in [5.74, 6) is 0.658. The summed E-state index contributed by atoms with van der Waals surface area (Å²) in [6.07, 6.45) is 7.99. The second-order valence-corrected chi connectivity index (χ2v) is 10.1. The van der Waals surface area contributed by atoms with Crippen molar-refractivity contribution in [3.63, 3.8) is 0 Å². The van der Waals surface area contributed by atoms with Crippen molar-refractivity contribution in [1.82, 2.24) is 9.21 Å². The zero-order chi connectivity index (χ0) is 19.4. The van der Waals surface area contributed by atoms with E-state index in [4.69, 9.17) is 0 Å². The van der Waals surface area contributed by atoms with Crippen LogP contribution in [-0.2, 0) is 21.2 Å². The fraction of sp³-hybridized carbons (Fsp3) is 0.667. The maximum Gasteiger partial charge on any atom is 0.243 e. The van der Waals surface area contributed by atoms with E-state index in [0.717, 1.165) is 31.2 Å². The molecule has 0 aromatic heterocycles. The van der Waals surface area contributed by atoms with Gasteiger partial charge in [-0.3, -0.25) is 4.79 Å². The molecule has 1 saturated heterocycles. The van der Waals surface area contributed by atoms with E-state index in [-0.39, 0.29) is 5.91 Å². The average Bonchev–Trinajstić information content (AvgIpc) is 2.69. The molecule has 1 aliphatic carbocycles. The summed E-state index contributed by atoms with van der Waals surface area (Å²) >= 11 is 0. The summed E-state index contributed by atoms with van der Waals surface area (Å²) in [5, 5.41) is 0. The maximum atomic E-state index is 12.7. The fourth-order valence-corrected chi connectivity index (χ4v) is 5.91. The lowest BCUT2D eigenvalue weighted by Gasteiger charge is -2.36. The van der Waals surface area contributed by atoms with E-state index in [2.05, 4.69) is 6.92 Å². The Hall–Kier alpha value is -1.40. The van der Waals surface area contributed by atoms with Gasteiger partial charge in [0.1, 0.15) is 0 Å². The van der Waals surface area contributed by atoms with Crippen LogP contribution in [0.1, 0.15) is 57.4 Å². The van der Waals surface area contributed by atoms with Gasteiger partial charge < -0.3 is 4.90 Å². The molecule has 0 N–H and O–H groups in total. The molecule has 6 heteroatoms. The van der Waals surface area contributed by atoms with Crippen LogP contribution in [0, 0.1) is 5.92 Å². The van der Waals surface area contributed by atoms with Gasteiger partial charge >= 0.3 is 0 Å². The van der Waals surface area contributed by atoms with Gasteiger partial charge in [-0.05, 0) is 49.3 Å². The van der Waals surface area contributed by atoms with E-state index >= 15 is 0 Å². The molecule has 1 aliphatic heterocycles. The van der Waals surface area contributed by atoms with Crippen LogP contribution < -0.4 is 0 Å². The maximum absolute atomic E-state index is 12.7. The normalized spacial score (nSPS) is 24.5. The molecule has 0 bridgehead atoms. The van der Waals surface area contributed by atoms with Crippen molar-refractivity contribution in [2.24, 2.45) is 5.92 Å². The van der Waals surface area contributed by atoms with Crippen molar-refractivity contribution in [3.8, 4) is 0 Å². The third-order valence-corrected chi connectivity index (χ3v) is 8.10. The molecule has 1 aromatic rings. The Morgan fingerprint density at radius 1 is 1.04 bits per heavy atom. The highest BCUT2D eigenvalue weighted by atomic mass is 32.2. The van der Waals surface area contributed by atoms with Crippen LogP contribution in [-0.4, -0.2) is 49.7 Å². The van der Waals surface area contributed by atoms with Gasteiger partial charge in [-0.2, -0.15) is 4.31 Å². The molecular weight excluding hydrogens is 360 g/mol. The first-order valence-corrected chi connectivity index (χ1v) is 11.7. The first-order valence-electron chi connectivity index (χ1n) is 10.2.